The molecule has 0 N–H and O–H groups in total. The molecule has 108 valence electrons. The van der Waals surface area contributed by atoms with E-state index in [2.05, 4.69) is 0 Å². The van der Waals surface area contributed by atoms with Crippen molar-refractivity contribution in [1.82, 2.24) is 4.90 Å². The van der Waals surface area contributed by atoms with Gasteiger partial charge in [-0.1, -0.05) is 6.07 Å². The monoisotopic (exact) mass is 277 g/mol. The summed E-state index contributed by atoms with van der Waals surface area (Å²) >= 11 is 0. The van der Waals surface area contributed by atoms with Gasteiger partial charge in [-0.3, -0.25) is 10.1 Å². The van der Waals surface area contributed by atoms with Crippen molar-refractivity contribution in [1.29, 1.82) is 0 Å². The summed E-state index contributed by atoms with van der Waals surface area (Å²) in [6, 6.07) is 4.65. The summed E-state index contributed by atoms with van der Waals surface area (Å²) in [6.07, 6.45) is 2.79. The van der Waals surface area contributed by atoms with Gasteiger partial charge in [0.15, 0.2) is 0 Å². The van der Waals surface area contributed by atoms with E-state index in [4.69, 9.17) is 0 Å². The van der Waals surface area contributed by atoms with Crippen LogP contribution in [0.3, 0.4) is 0 Å². The third-order valence-corrected chi connectivity index (χ3v) is 3.54. The molecule has 1 aliphatic rings. The fourth-order valence-electron chi connectivity index (χ4n) is 2.64. The molecule has 2 rings (SSSR count). The lowest BCUT2D eigenvalue weighted by Gasteiger charge is -2.36. The molecule has 6 heteroatoms. The van der Waals surface area contributed by atoms with E-state index in [1.807, 2.05) is 23.9 Å². The van der Waals surface area contributed by atoms with Gasteiger partial charge in [-0.2, -0.15) is 0 Å². The van der Waals surface area contributed by atoms with Gasteiger partial charge in [0.25, 0.3) is 5.69 Å². The molecule has 0 amide bonds. The molecule has 0 saturated carbocycles. The van der Waals surface area contributed by atoms with Crippen molar-refractivity contribution in [3.8, 4) is 0 Å². The lowest BCUT2D eigenvalue weighted by atomic mass is 9.99. The zero-order chi connectivity index (χ0) is 14.7. The molecule has 0 radical (unpaired) electrons. The van der Waals surface area contributed by atoms with Gasteiger partial charge in [-0.05, 0) is 32.5 Å². The van der Waals surface area contributed by atoms with E-state index in [-0.39, 0.29) is 11.7 Å². The summed E-state index contributed by atoms with van der Waals surface area (Å²) in [7, 11) is 3.82. The van der Waals surface area contributed by atoms with Crippen molar-refractivity contribution in [2.75, 3.05) is 32.1 Å². The van der Waals surface area contributed by atoms with E-state index >= 15 is 0 Å². The van der Waals surface area contributed by atoms with Crippen LogP contribution in [0.1, 0.15) is 12.0 Å². The average Bonchev–Trinajstić information content (AvgIpc) is 2.43. The topological polar surface area (TPSA) is 66.7 Å². The summed E-state index contributed by atoms with van der Waals surface area (Å²) in [4.78, 5) is 25.8. The average molecular weight is 277 g/mol. The summed E-state index contributed by atoms with van der Waals surface area (Å²) < 4.78 is 0. The number of carbonyl (C=O) groups is 1. The zero-order valence-electron chi connectivity index (χ0n) is 11.8. The second kappa shape index (κ2) is 6.00. The number of hydrogen-bond acceptors (Lipinski definition) is 5. The minimum Gasteiger partial charge on any atom is -0.360 e. The summed E-state index contributed by atoms with van der Waals surface area (Å²) in [5, 5.41) is 10.9. The van der Waals surface area contributed by atoms with Crippen LogP contribution >= 0.6 is 0 Å². The molecule has 20 heavy (non-hydrogen) atoms. The SMILES string of the molecule is CN(C)CC(C=O)N1CCCc2ccc([N+](=O)[O-])cc21. The fraction of sp³-hybridized carbons (Fsp3) is 0.500. The Morgan fingerprint density at radius 2 is 2.25 bits per heavy atom. The van der Waals surface area contributed by atoms with Crippen LogP contribution in [0.25, 0.3) is 0 Å². The number of carbonyl (C=O) groups excluding carboxylic acids is 1. The van der Waals surface area contributed by atoms with Crippen molar-refractivity contribution in [2.24, 2.45) is 0 Å². The van der Waals surface area contributed by atoms with Gasteiger partial charge >= 0.3 is 0 Å². The molecule has 1 aromatic carbocycles. The Kier molecular flexibility index (Phi) is 4.34. The molecule has 0 aromatic heterocycles. The van der Waals surface area contributed by atoms with E-state index < -0.39 is 4.92 Å². The van der Waals surface area contributed by atoms with E-state index in [9.17, 15) is 14.9 Å². The molecular formula is C14H19N3O3. The van der Waals surface area contributed by atoms with Crippen LogP contribution < -0.4 is 4.90 Å². The molecule has 1 aliphatic heterocycles. The Balaban J connectivity index is 2.36. The first-order valence-corrected chi connectivity index (χ1v) is 6.67. The highest BCUT2D eigenvalue weighted by atomic mass is 16.6. The third kappa shape index (κ3) is 2.96. The van der Waals surface area contributed by atoms with Crippen molar-refractivity contribution in [3.05, 3.63) is 33.9 Å². The highest BCUT2D eigenvalue weighted by Gasteiger charge is 2.26. The molecule has 1 unspecified atom stereocenters. The number of fused-ring (bicyclic) bond motifs is 1. The number of rotatable bonds is 5. The Hall–Kier alpha value is -1.95. The first-order chi connectivity index (χ1) is 9.52. The summed E-state index contributed by atoms with van der Waals surface area (Å²) in [5.74, 6) is 0. The molecule has 6 nitrogen and oxygen atoms in total. The molecule has 0 aliphatic carbocycles. The standard InChI is InChI=1S/C14H19N3O3/c1-15(2)9-13(10-18)16-7-3-4-11-5-6-12(17(19)20)8-14(11)16/h5-6,8,10,13H,3-4,7,9H2,1-2H3. The molecule has 1 aromatic rings. The Morgan fingerprint density at radius 1 is 1.50 bits per heavy atom. The van der Waals surface area contributed by atoms with Gasteiger partial charge in [-0.15, -0.1) is 0 Å². The normalized spacial score (nSPS) is 15.8. The molecule has 1 atom stereocenters. The largest absolute Gasteiger partial charge is 0.360 e. The summed E-state index contributed by atoms with van der Waals surface area (Å²) in [6.45, 7) is 1.36. The first-order valence-electron chi connectivity index (χ1n) is 6.67. The summed E-state index contributed by atoms with van der Waals surface area (Å²) in [5.41, 5.74) is 1.97. The van der Waals surface area contributed by atoms with Crippen LogP contribution in [0, 0.1) is 10.1 Å². The number of nitro groups is 1. The number of non-ortho nitro benzene ring substituents is 1. The number of aldehydes is 1. The minimum absolute atomic E-state index is 0.0742. The van der Waals surface area contributed by atoms with Crippen LogP contribution in [0.2, 0.25) is 0 Å². The first kappa shape index (κ1) is 14.5. The predicted octanol–water partition coefficient (Wildman–Crippen LogP) is 1.48. The van der Waals surface area contributed by atoms with Crippen molar-refractivity contribution in [2.45, 2.75) is 18.9 Å². The van der Waals surface area contributed by atoms with E-state index in [0.29, 0.717) is 6.54 Å². The molecule has 0 bridgehead atoms. The number of likely N-dealkylation sites (N-methyl/N-ethyl adjacent to an activating group) is 1. The molecule has 0 fully saturated rings. The van der Waals surface area contributed by atoms with Crippen LogP contribution in [-0.2, 0) is 11.2 Å². The predicted molar refractivity (Wildman–Crippen MR) is 77.2 cm³/mol. The highest BCUT2D eigenvalue weighted by molar-refractivity contribution is 5.70. The maximum Gasteiger partial charge on any atom is 0.271 e. The number of hydrogen-bond donors (Lipinski definition) is 0. The Morgan fingerprint density at radius 3 is 2.85 bits per heavy atom. The Bertz CT molecular complexity index is 516. The maximum absolute atomic E-state index is 11.4. The highest BCUT2D eigenvalue weighted by Crippen LogP contribution is 2.32. The minimum atomic E-state index is -0.394. The maximum atomic E-state index is 11.4. The zero-order valence-corrected chi connectivity index (χ0v) is 11.8. The second-order valence-corrected chi connectivity index (χ2v) is 5.33. The smallest absolute Gasteiger partial charge is 0.271 e. The van der Waals surface area contributed by atoms with Gasteiger partial charge in [0.2, 0.25) is 0 Å². The van der Waals surface area contributed by atoms with E-state index in [1.165, 1.54) is 6.07 Å². The molecule has 0 spiro atoms. The van der Waals surface area contributed by atoms with Crippen molar-refractivity contribution < 1.29 is 9.72 Å². The van der Waals surface area contributed by atoms with Gasteiger partial charge < -0.3 is 14.6 Å². The van der Waals surface area contributed by atoms with Gasteiger partial charge in [0.05, 0.1) is 11.0 Å². The van der Waals surface area contributed by atoms with Crippen molar-refractivity contribution in [3.63, 3.8) is 0 Å². The fourth-order valence-corrected chi connectivity index (χ4v) is 2.64. The van der Waals surface area contributed by atoms with Crippen LogP contribution in [-0.4, -0.2) is 49.3 Å². The third-order valence-electron chi connectivity index (χ3n) is 3.54. The second-order valence-electron chi connectivity index (χ2n) is 5.33. The number of anilines is 1. The number of nitrogens with zero attached hydrogens (tertiary/aromatic N) is 3. The molecular weight excluding hydrogens is 258 g/mol. The van der Waals surface area contributed by atoms with Crippen LogP contribution in [0.15, 0.2) is 18.2 Å². The lowest BCUT2D eigenvalue weighted by Crippen LogP contribution is -2.45. The number of benzene rings is 1. The number of nitro benzene ring substituents is 1. The molecule has 0 saturated heterocycles. The van der Waals surface area contributed by atoms with Gasteiger partial charge in [0.1, 0.15) is 6.29 Å². The van der Waals surface area contributed by atoms with E-state index in [0.717, 1.165) is 36.9 Å². The lowest BCUT2D eigenvalue weighted by molar-refractivity contribution is -0.384. The quantitative estimate of drug-likeness (QED) is 0.463. The van der Waals surface area contributed by atoms with Crippen molar-refractivity contribution >= 4 is 17.7 Å². The van der Waals surface area contributed by atoms with E-state index in [1.54, 1.807) is 12.1 Å². The van der Waals surface area contributed by atoms with Crippen LogP contribution in [0.4, 0.5) is 11.4 Å². The number of aryl methyl sites for hydroxylation is 1. The molecule has 1 heterocycles. The van der Waals surface area contributed by atoms with Gasteiger partial charge in [-0.25, -0.2) is 0 Å². The Labute approximate surface area is 118 Å². The van der Waals surface area contributed by atoms with Crippen LogP contribution in [0.5, 0.6) is 0 Å². The van der Waals surface area contributed by atoms with Gasteiger partial charge in [0, 0.05) is 30.9 Å².